The first-order valence-electron chi connectivity index (χ1n) is 4.68. The van der Waals surface area contributed by atoms with Crippen LogP contribution in [0, 0.1) is 0 Å². The number of hydrogen-bond donors (Lipinski definition) is 0. The van der Waals surface area contributed by atoms with Gasteiger partial charge in [0, 0.05) is 0 Å². The Labute approximate surface area is 93.4 Å². The van der Waals surface area contributed by atoms with Gasteiger partial charge in [-0.3, -0.25) is 0 Å². The molecule has 0 radical (unpaired) electrons. The van der Waals surface area contributed by atoms with E-state index in [4.69, 9.17) is 0 Å². The SMILES string of the molecule is F[B-](F)(F)c1ccc(OCCC(F)(F)F)cc1. The van der Waals surface area contributed by atoms with Gasteiger partial charge in [0.25, 0.3) is 0 Å². The molecule has 8 heteroatoms. The average Bonchev–Trinajstić information content (AvgIpc) is 2.15. The zero-order chi connectivity index (χ0) is 13.1. The normalized spacial score (nSPS) is 12.6. The van der Waals surface area contributed by atoms with E-state index in [1.165, 1.54) is 0 Å². The van der Waals surface area contributed by atoms with E-state index in [1.807, 2.05) is 0 Å². The van der Waals surface area contributed by atoms with Gasteiger partial charge in [0.05, 0.1) is 13.0 Å². The Morgan fingerprint density at radius 2 is 1.53 bits per heavy atom. The Hall–Kier alpha value is -1.34. The van der Waals surface area contributed by atoms with Crippen molar-refractivity contribution in [2.45, 2.75) is 12.6 Å². The molecule has 0 spiro atoms. The van der Waals surface area contributed by atoms with Crippen LogP contribution in [0.25, 0.3) is 0 Å². The van der Waals surface area contributed by atoms with Crippen LogP contribution in [0.3, 0.4) is 0 Å². The van der Waals surface area contributed by atoms with E-state index in [9.17, 15) is 26.1 Å². The van der Waals surface area contributed by atoms with Gasteiger partial charge < -0.3 is 17.7 Å². The second-order valence-electron chi connectivity index (χ2n) is 3.36. The first-order valence-corrected chi connectivity index (χ1v) is 4.68. The van der Waals surface area contributed by atoms with Gasteiger partial charge >= 0.3 is 13.2 Å². The molecular weight excluding hydrogens is 249 g/mol. The molecule has 0 saturated carbocycles. The van der Waals surface area contributed by atoms with Crippen LogP contribution in [-0.4, -0.2) is 19.8 Å². The highest BCUT2D eigenvalue weighted by atomic mass is 19.4. The Bertz CT molecular complexity index is 355. The maximum atomic E-state index is 12.2. The van der Waals surface area contributed by atoms with E-state index in [0.717, 1.165) is 24.3 Å². The van der Waals surface area contributed by atoms with E-state index >= 15 is 0 Å². The highest BCUT2D eigenvalue weighted by Gasteiger charge is 2.27. The third kappa shape index (κ3) is 5.01. The van der Waals surface area contributed by atoms with Crippen LogP contribution in [0.15, 0.2) is 24.3 Å². The van der Waals surface area contributed by atoms with Crippen molar-refractivity contribution in [1.82, 2.24) is 0 Å². The molecule has 1 aromatic carbocycles. The molecule has 96 valence electrons. The number of alkyl halides is 3. The lowest BCUT2D eigenvalue weighted by atomic mass is 9.80. The first-order chi connectivity index (χ1) is 7.68. The van der Waals surface area contributed by atoms with Gasteiger partial charge in [0.2, 0.25) is 0 Å². The molecule has 0 bridgehead atoms. The number of hydrogen-bond acceptors (Lipinski definition) is 1. The van der Waals surface area contributed by atoms with Gasteiger partial charge in [-0.2, -0.15) is 13.2 Å². The minimum absolute atomic E-state index is 0.0157. The predicted octanol–water partition coefficient (Wildman–Crippen LogP) is 3.07. The fourth-order valence-electron chi connectivity index (χ4n) is 1.07. The fraction of sp³-hybridized carbons (Fsp3) is 0.333. The largest absolute Gasteiger partial charge is 0.509 e. The quantitative estimate of drug-likeness (QED) is 0.594. The lowest BCUT2D eigenvalue weighted by Crippen LogP contribution is -2.33. The monoisotopic (exact) mass is 257 g/mol. The Morgan fingerprint density at radius 1 is 1.00 bits per heavy atom. The zero-order valence-electron chi connectivity index (χ0n) is 8.48. The van der Waals surface area contributed by atoms with E-state index in [1.54, 1.807) is 0 Å². The molecule has 1 rings (SSSR count). The summed E-state index contributed by atoms with van der Waals surface area (Å²) < 4.78 is 76.5. The second kappa shape index (κ2) is 4.89. The van der Waals surface area contributed by atoms with Gasteiger partial charge in [-0.15, -0.1) is 5.46 Å². The lowest BCUT2D eigenvalue weighted by molar-refractivity contribution is -0.139. The van der Waals surface area contributed by atoms with Gasteiger partial charge in [0.15, 0.2) is 0 Å². The Balaban J connectivity index is 2.52. The molecule has 17 heavy (non-hydrogen) atoms. The van der Waals surface area contributed by atoms with E-state index < -0.39 is 31.6 Å². The number of halogens is 6. The Morgan fingerprint density at radius 3 is 1.94 bits per heavy atom. The molecule has 0 amide bonds. The van der Waals surface area contributed by atoms with Gasteiger partial charge in [-0.25, -0.2) is 0 Å². The van der Waals surface area contributed by atoms with Crippen LogP contribution < -0.4 is 10.2 Å². The minimum atomic E-state index is -5.09. The van der Waals surface area contributed by atoms with E-state index in [0.29, 0.717) is 0 Å². The molecule has 0 atom stereocenters. The summed E-state index contributed by atoms with van der Waals surface area (Å²) in [6.07, 6.45) is -5.48. The molecule has 0 saturated heterocycles. The molecule has 0 N–H and O–H groups in total. The summed E-state index contributed by atoms with van der Waals surface area (Å²) in [6.45, 7) is -5.70. The summed E-state index contributed by atoms with van der Waals surface area (Å²) in [5, 5.41) is 0. The Kier molecular flexibility index (Phi) is 3.95. The standard InChI is InChI=1S/C9H8BF6O/c11-9(12,13)5-6-17-8-3-1-7(2-4-8)10(14,15)16/h1-4H,5-6H2/q-1. The van der Waals surface area contributed by atoms with Gasteiger partial charge in [-0.05, 0) is 12.1 Å². The maximum Gasteiger partial charge on any atom is 0.509 e. The van der Waals surface area contributed by atoms with Crippen molar-refractivity contribution in [3.63, 3.8) is 0 Å². The first kappa shape index (κ1) is 13.7. The maximum absolute atomic E-state index is 12.2. The second-order valence-corrected chi connectivity index (χ2v) is 3.36. The minimum Gasteiger partial charge on any atom is -0.493 e. The fourth-order valence-corrected chi connectivity index (χ4v) is 1.07. The summed E-state index contributed by atoms with van der Waals surface area (Å²) in [5.41, 5.74) is -0.812. The zero-order valence-corrected chi connectivity index (χ0v) is 8.48. The summed E-state index contributed by atoms with van der Waals surface area (Å²) >= 11 is 0. The van der Waals surface area contributed by atoms with Gasteiger partial charge in [-0.1, -0.05) is 12.1 Å². The van der Waals surface area contributed by atoms with Crippen molar-refractivity contribution in [1.29, 1.82) is 0 Å². The highest BCUT2D eigenvalue weighted by molar-refractivity contribution is 6.73. The molecule has 0 fully saturated rings. The highest BCUT2D eigenvalue weighted by Crippen LogP contribution is 2.20. The van der Waals surface area contributed by atoms with E-state index in [-0.39, 0.29) is 5.75 Å². The molecule has 0 heterocycles. The third-order valence-electron chi connectivity index (χ3n) is 1.91. The lowest BCUT2D eigenvalue weighted by Gasteiger charge is -2.15. The van der Waals surface area contributed by atoms with Crippen molar-refractivity contribution >= 4 is 12.4 Å². The van der Waals surface area contributed by atoms with Crippen LogP contribution in [0.5, 0.6) is 5.75 Å². The average molecular weight is 257 g/mol. The van der Waals surface area contributed by atoms with Crippen LogP contribution in [0.4, 0.5) is 26.1 Å². The van der Waals surface area contributed by atoms with E-state index in [2.05, 4.69) is 4.74 Å². The van der Waals surface area contributed by atoms with Crippen LogP contribution >= 0.6 is 0 Å². The molecule has 0 aliphatic heterocycles. The third-order valence-corrected chi connectivity index (χ3v) is 1.91. The van der Waals surface area contributed by atoms with Crippen molar-refractivity contribution < 1.29 is 30.9 Å². The summed E-state index contributed by atoms with van der Waals surface area (Å²) in [5.74, 6) is -0.0157. The smallest absolute Gasteiger partial charge is 0.493 e. The van der Waals surface area contributed by atoms with Crippen LogP contribution in [0.2, 0.25) is 0 Å². The van der Waals surface area contributed by atoms with Crippen LogP contribution in [-0.2, 0) is 0 Å². The number of rotatable bonds is 4. The number of ether oxygens (including phenoxy) is 1. The summed E-state index contributed by atoms with van der Waals surface area (Å²) in [6, 6.07) is 3.56. The van der Waals surface area contributed by atoms with Crippen molar-refractivity contribution in [2.24, 2.45) is 0 Å². The topological polar surface area (TPSA) is 9.23 Å². The van der Waals surface area contributed by atoms with Crippen molar-refractivity contribution in [3.05, 3.63) is 24.3 Å². The van der Waals surface area contributed by atoms with Gasteiger partial charge in [0.1, 0.15) is 5.75 Å². The van der Waals surface area contributed by atoms with Crippen molar-refractivity contribution in [2.75, 3.05) is 6.61 Å². The molecule has 0 aliphatic rings. The molecule has 1 aromatic rings. The number of benzene rings is 1. The summed E-state index contributed by atoms with van der Waals surface area (Å²) in [7, 11) is 0. The van der Waals surface area contributed by atoms with Crippen LogP contribution in [0.1, 0.15) is 6.42 Å². The molecular formula is C9H8BF6O-. The van der Waals surface area contributed by atoms with Crippen molar-refractivity contribution in [3.8, 4) is 5.75 Å². The molecule has 1 nitrogen and oxygen atoms in total. The molecule has 0 aromatic heterocycles. The summed E-state index contributed by atoms with van der Waals surface area (Å²) in [4.78, 5) is 0. The molecule has 0 aliphatic carbocycles. The molecule has 0 unspecified atom stereocenters. The predicted molar refractivity (Wildman–Crippen MR) is 51.3 cm³/mol.